The molecule has 0 aliphatic rings. The van der Waals surface area contributed by atoms with Crippen LogP contribution in [0.3, 0.4) is 0 Å². The van der Waals surface area contributed by atoms with Crippen molar-refractivity contribution in [3.63, 3.8) is 0 Å². The molecule has 0 saturated carbocycles. The predicted molar refractivity (Wildman–Crippen MR) is 71.6 cm³/mol. The molecular weight excluding hydrogens is 250 g/mol. The van der Waals surface area contributed by atoms with E-state index < -0.39 is 11.0 Å². The van der Waals surface area contributed by atoms with Gasteiger partial charge in [-0.3, -0.25) is 10.1 Å². The van der Waals surface area contributed by atoms with Crippen molar-refractivity contribution in [3.05, 3.63) is 28.3 Å². The van der Waals surface area contributed by atoms with Gasteiger partial charge < -0.3 is 15.4 Å². The Balaban J connectivity index is 2.88. The molecule has 0 aliphatic heterocycles. The van der Waals surface area contributed by atoms with E-state index in [0.717, 1.165) is 0 Å². The molecular formula is C12H17N3O4. The van der Waals surface area contributed by atoms with Gasteiger partial charge in [0.05, 0.1) is 12.0 Å². The summed E-state index contributed by atoms with van der Waals surface area (Å²) in [5, 5.41) is 16.1. The van der Waals surface area contributed by atoms with Gasteiger partial charge in [-0.05, 0) is 32.9 Å². The fourth-order valence-electron chi connectivity index (χ4n) is 1.41. The number of carbonyl (C=O) groups is 1. The maximum atomic E-state index is 11.6. The van der Waals surface area contributed by atoms with Crippen molar-refractivity contribution in [1.82, 2.24) is 5.32 Å². The summed E-state index contributed by atoms with van der Waals surface area (Å²) < 4.78 is 4.88. The summed E-state index contributed by atoms with van der Waals surface area (Å²) in [6.07, 6.45) is 0. The minimum Gasteiger partial charge on any atom is -0.490 e. The molecule has 0 aliphatic carbocycles. The van der Waals surface area contributed by atoms with Gasteiger partial charge in [0.2, 0.25) is 0 Å². The van der Waals surface area contributed by atoms with Crippen LogP contribution in [0.25, 0.3) is 0 Å². The number of methoxy groups -OCH3 is 1. The minimum atomic E-state index is -0.564. The summed E-state index contributed by atoms with van der Waals surface area (Å²) in [6.45, 7) is 5.51. The maximum Gasteiger partial charge on any atom is 0.319 e. The highest BCUT2D eigenvalue weighted by molar-refractivity contribution is 5.90. The monoisotopic (exact) mass is 267 g/mol. The molecule has 0 aromatic heterocycles. The molecule has 0 radical (unpaired) electrons. The van der Waals surface area contributed by atoms with E-state index in [2.05, 4.69) is 10.6 Å². The molecule has 2 N–H and O–H groups in total. The van der Waals surface area contributed by atoms with Crippen molar-refractivity contribution in [3.8, 4) is 5.75 Å². The number of carbonyl (C=O) groups excluding carboxylic acids is 1. The quantitative estimate of drug-likeness (QED) is 0.650. The predicted octanol–water partition coefficient (Wildman–Crippen LogP) is 2.52. The van der Waals surface area contributed by atoms with Crippen LogP contribution < -0.4 is 15.4 Å². The van der Waals surface area contributed by atoms with E-state index in [9.17, 15) is 14.9 Å². The van der Waals surface area contributed by atoms with Gasteiger partial charge in [-0.15, -0.1) is 0 Å². The zero-order valence-corrected chi connectivity index (χ0v) is 11.3. The van der Waals surface area contributed by atoms with Crippen LogP contribution >= 0.6 is 0 Å². The van der Waals surface area contributed by atoms with Crippen LogP contribution in [-0.2, 0) is 0 Å². The van der Waals surface area contributed by atoms with Gasteiger partial charge in [-0.1, -0.05) is 0 Å². The number of nitrogens with zero attached hydrogens (tertiary/aromatic N) is 1. The number of amides is 2. The standard InChI is InChI=1S/C12H17N3O4/c1-12(2,3)14-11(16)13-8-5-6-10(19-4)9(7-8)15(17)18/h5-7H,1-4H3,(H2,13,14,16). The Bertz CT molecular complexity index is 494. The molecule has 0 spiro atoms. The molecule has 2 amide bonds. The van der Waals surface area contributed by atoms with Crippen molar-refractivity contribution in [2.24, 2.45) is 0 Å². The molecule has 7 heteroatoms. The van der Waals surface area contributed by atoms with Gasteiger partial charge in [-0.2, -0.15) is 0 Å². The van der Waals surface area contributed by atoms with Gasteiger partial charge in [0.15, 0.2) is 5.75 Å². The Kier molecular flexibility index (Phi) is 4.31. The first-order valence-corrected chi connectivity index (χ1v) is 5.64. The highest BCUT2D eigenvalue weighted by Gasteiger charge is 2.17. The Morgan fingerprint density at radius 2 is 2.00 bits per heavy atom. The van der Waals surface area contributed by atoms with Crippen LogP contribution in [0, 0.1) is 10.1 Å². The third-order valence-electron chi connectivity index (χ3n) is 2.12. The lowest BCUT2D eigenvalue weighted by Crippen LogP contribution is -2.43. The molecule has 19 heavy (non-hydrogen) atoms. The second-order valence-electron chi connectivity index (χ2n) is 4.97. The fourth-order valence-corrected chi connectivity index (χ4v) is 1.41. The molecule has 1 rings (SSSR count). The van der Waals surface area contributed by atoms with E-state index in [1.807, 2.05) is 20.8 Å². The van der Waals surface area contributed by atoms with Crippen LogP contribution in [0.1, 0.15) is 20.8 Å². The van der Waals surface area contributed by atoms with Crippen molar-refractivity contribution in [2.75, 3.05) is 12.4 Å². The zero-order valence-electron chi connectivity index (χ0n) is 11.3. The van der Waals surface area contributed by atoms with Crippen LogP contribution in [0.4, 0.5) is 16.2 Å². The zero-order chi connectivity index (χ0) is 14.6. The average molecular weight is 267 g/mol. The Hall–Kier alpha value is -2.31. The number of nitro groups is 1. The fraction of sp³-hybridized carbons (Fsp3) is 0.417. The van der Waals surface area contributed by atoms with E-state index >= 15 is 0 Å². The van der Waals surface area contributed by atoms with Gasteiger partial charge in [-0.25, -0.2) is 4.79 Å². The molecule has 0 bridgehead atoms. The van der Waals surface area contributed by atoms with E-state index in [4.69, 9.17) is 4.74 Å². The summed E-state index contributed by atoms with van der Waals surface area (Å²) in [7, 11) is 1.35. The smallest absolute Gasteiger partial charge is 0.319 e. The molecule has 104 valence electrons. The van der Waals surface area contributed by atoms with Crippen molar-refractivity contribution in [2.45, 2.75) is 26.3 Å². The summed E-state index contributed by atoms with van der Waals surface area (Å²) in [6, 6.07) is 3.80. The van der Waals surface area contributed by atoms with Crippen LogP contribution in [0.5, 0.6) is 5.75 Å². The number of ether oxygens (including phenoxy) is 1. The van der Waals surface area contributed by atoms with E-state index in [1.165, 1.54) is 25.3 Å². The normalized spacial score (nSPS) is 10.7. The second kappa shape index (κ2) is 5.55. The summed E-state index contributed by atoms with van der Waals surface area (Å²) >= 11 is 0. The highest BCUT2D eigenvalue weighted by Crippen LogP contribution is 2.29. The lowest BCUT2D eigenvalue weighted by Gasteiger charge is -2.20. The van der Waals surface area contributed by atoms with Crippen LogP contribution in [-0.4, -0.2) is 23.6 Å². The molecule has 0 heterocycles. The minimum absolute atomic E-state index is 0.145. The van der Waals surface area contributed by atoms with Gasteiger partial charge in [0.1, 0.15) is 0 Å². The lowest BCUT2D eigenvalue weighted by molar-refractivity contribution is -0.385. The molecule has 1 aromatic carbocycles. The summed E-state index contributed by atoms with van der Waals surface area (Å²) in [5.41, 5.74) is -0.257. The molecule has 7 nitrogen and oxygen atoms in total. The first-order valence-electron chi connectivity index (χ1n) is 5.64. The van der Waals surface area contributed by atoms with Gasteiger partial charge in [0.25, 0.3) is 0 Å². The third-order valence-corrected chi connectivity index (χ3v) is 2.12. The van der Waals surface area contributed by atoms with E-state index in [0.29, 0.717) is 5.69 Å². The summed E-state index contributed by atoms with van der Waals surface area (Å²) in [4.78, 5) is 21.9. The first kappa shape index (κ1) is 14.7. The van der Waals surface area contributed by atoms with Crippen molar-refractivity contribution >= 4 is 17.4 Å². The number of rotatable bonds is 3. The Morgan fingerprint density at radius 1 is 1.37 bits per heavy atom. The SMILES string of the molecule is COc1ccc(NC(=O)NC(C)(C)C)cc1[N+](=O)[O-]. The van der Waals surface area contributed by atoms with Crippen LogP contribution in [0.2, 0.25) is 0 Å². The van der Waals surface area contributed by atoms with Gasteiger partial charge in [0, 0.05) is 17.3 Å². The van der Waals surface area contributed by atoms with Crippen molar-refractivity contribution < 1.29 is 14.5 Å². The van der Waals surface area contributed by atoms with Crippen molar-refractivity contribution in [1.29, 1.82) is 0 Å². The molecule has 0 fully saturated rings. The Morgan fingerprint density at radius 3 is 2.47 bits per heavy atom. The average Bonchev–Trinajstić information content (AvgIpc) is 2.26. The first-order chi connectivity index (χ1) is 8.73. The molecule has 1 aromatic rings. The van der Waals surface area contributed by atoms with E-state index in [-0.39, 0.29) is 17.0 Å². The topological polar surface area (TPSA) is 93.5 Å². The maximum absolute atomic E-state index is 11.6. The second-order valence-corrected chi connectivity index (χ2v) is 4.97. The lowest BCUT2D eigenvalue weighted by atomic mass is 10.1. The summed E-state index contributed by atoms with van der Waals surface area (Å²) in [5.74, 6) is 0.145. The molecule has 0 saturated heterocycles. The number of benzene rings is 1. The van der Waals surface area contributed by atoms with E-state index in [1.54, 1.807) is 0 Å². The Labute approximate surface area is 111 Å². The number of hydrogen-bond acceptors (Lipinski definition) is 4. The number of anilines is 1. The molecule has 0 atom stereocenters. The van der Waals surface area contributed by atoms with Crippen LogP contribution in [0.15, 0.2) is 18.2 Å². The number of nitro benzene ring substituents is 1. The highest BCUT2D eigenvalue weighted by atomic mass is 16.6. The largest absolute Gasteiger partial charge is 0.490 e. The number of nitrogens with one attached hydrogen (secondary N) is 2. The van der Waals surface area contributed by atoms with Gasteiger partial charge >= 0.3 is 11.7 Å². The number of hydrogen-bond donors (Lipinski definition) is 2. The molecule has 0 unspecified atom stereocenters. The number of urea groups is 1. The third kappa shape index (κ3) is 4.46.